The standard InChI is InChI=1S/C54H47B.2C28H22O.C24H14O/c1-30-24-32(3)52(33(4)25-30)55(53-34(5)26-31(2)27-35(53)6)47-23-17-38-14-20-45-43(19-13-37-15-22-46(47)51(38)50(37)45)42-18-12-36-10-11-39-28-41(54(7,8)9)29-40-16-21-44(42)49(36)48(39)40;1-28(2,3)23-15-11-18-9-13-21-20(25-16-19-6-4-5-7-24(19)29-25)12-8-17-10-14-22(23)27(18)26(17)21;1-28(2,3)21-14-19-9-8-17-10-12-22(23-13-11-20(15-21)26(19)27(17)23)25-16-18-6-4-5-7-24(18)29-25;1-2-7-21-18(4-1)14-22(25-21)19-12-10-17-9-8-15-5-3-6-16-11-13-20(19)24(17)23(15)16/h10-29H,1-9H3;2*4-16H,1-3H3;1-14H. The normalized spacial score (nSPS) is 12.5. The molecule has 0 aliphatic rings. The monoisotopic (exact) mass is 1770 g/mol. The highest BCUT2D eigenvalue weighted by atomic mass is 16.3. The summed E-state index contributed by atoms with van der Waals surface area (Å²) in [5.74, 6) is 2.79. The molecule has 662 valence electrons. The lowest BCUT2D eigenvalue weighted by Gasteiger charge is -2.26. The lowest BCUT2D eigenvalue weighted by molar-refractivity contribution is 0.591. The summed E-state index contributed by atoms with van der Waals surface area (Å²) in [6, 6.07) is 135. The summed E-state index contributed by atoms with van der Waals surface area (Å²) in [7, 11) is 0. The Morgan fingerprint density at radius 1 is 0.188 bits per heavy atom. The van der Waals surface area contributed by atoms with E-state index in [2.05, 4.69) is 425 Å². The second-order valence-electron chi connectivity index (χ2n) is 42.4. The van der Waals surface area contributed by atoms with E-state index in [-0.39, 0.29) is 23.0 Å². The predicted molar refractivity (Wildman–Crippen MR) is 597 cm³/mol. The number of aryl methyl sites for hydroxylation is 6. The van der Waals surface area contributed by atoms with Crippen molar-refractivity contribution in [2.24, 2.45) is 0 Å². The van der Waals surface area contributed by atoms with E-state index in [1.54, 1.807) is 0 Å². The van der Waals surface area contributed by atoms with Gasteiger partial charge >= 0.3 is 0 Å². The van der Waals surface area contributed by atoms with Gasteiger partial charge in [0.05, 0.1) is 0 Å². The molecule has 3 heterocycles. The number of hydrogen-bond donors (Lipinski definition) is 0. The van der Waals surface area contributed by atoms with Crippen LogP contribution < -0.4 is 16.4 Å². The molecule has 3 aromatic heterocycles. The van der Waals surface area contributed by atoms with Crippen LogP contribution in [0.5, 0.6) is 0 Å². The molecule has 0 N–H and O–H groups in total. The van der Waals surface area contributed by atoms with Gasteiger partial charge in [0.15, 0.2) is 0 Å². The maximum atomic E-state index is 6.22. The van der Waals surface area contributed by atoms with Crippen molar-refractivity contribution in [2.45, 2.75) is 120 Å². The van der Waals surface area contributed by atoms with E-state index in [4.69, 9.17) is 13.3 Å². The van der Waals surface area contributed by atoms with E-state index in [0.29, 0.717) is 0 Å². The van der Waals surface area contributed by atoms with Gasteiger partial charge in [-0.05, 0) is 302 Å². The van der Waals surface area contributed by atoms with E-state index in [9.17, 15) is 0 Å². The van der Waals surface area contributed by atoms with Crippen molar-refractivity contribution in [3.05, 3.63) is 414 Å². The van der Waals surface area contributed by atoms with Crippen molar-refractivity contribution in [3.63, 3.8) is 0 Å². The number of benzene rings is 25. The SMILES string of the molecule is CC(C)(C)c1cc2ccc3ccc(-c4cc5ccccc5o4)c4ccc(c1)c2c34.CC(C)(C)c1ccc2ccc3c(-c4cc5ccccc5o4)ccc4ccc1c2c43.Cc1cc(C)c(B(c2c(C)cc(C)cc2C)c2ccc3ccc4c(-c5ccc6ccc7cc(C(C)(C)C)cc8ccc5c6c78)ccc5ccc2c3c54)c(C)c1.c1ccc2oc(-c3ccc4ccc5cccc6ccc3c4c56)cc2c1. The minimum absolute atomic E-state index is 0.0901. The third-order valence-electron chi connectivity index (χ3n) is 30.4. The summed E-state index contributed by atoms with van der Waals surface area (Å²) in [6.45, 7) is 34.4. The van der Waals surface area contributed by atoms with E-state index < -0.39 is 0 Å². The highest BCUT2D eigenvalue weighted by Gasteiger charge is 2.33. The van der Waals surface area contributed by atoms with Crippen molar-refractivity contribution in [2.75, 3.05) is 0 Å². The number of hydrogen-bond acceptors (Lipinski definition) is 3. The van der Waals surface area contributed by atoms with Crippen LogP contribution in [0, 0.1) is 41.5 Å². The van der Waals surface area contributed by atoms with Crippen molar-refractivity contribution in [1.82, 2.24) is 0 Å². The molecule has 0 atom stereocenters. The summed E-state index contributed by atoms with van der Waals surface area (Å²) in [5.41, 5.74) is 25.7. The van der Waals surface area contributed by atoms with E-state index in [1.165, 1.54) is 239 Å². The minimum Gasteiger partial charge on any atom is -0.456 e. The quantitative estimate of drug-likeness (QED) is 0.118. The topological polar surface area (TPSA) is 39.4 Å². The van der Waals surface area contributed by atoms with Gasteiger partial charge in [-0.2, -0.15) is 0 Å². The molecule has 28 aromatic rings. The first-order chi connectivity index (χ1) is 66.7. The lowest BCUT2D eigenvalue weighted by atomic mass is 9.33. The Morgan fingerprint density at radius 2 is 0.435 bits per heavy atom. The maximum absolute atomic E-state index is 6.22. The van der Waals surface area contributed by atoms with Gasteiger partial charge in [0.1, 0.15) is 34.0 Å². The molecule has 28 rings (SSSR count). The van der Waals surface area contributed by atoms with Crippen LogP contribution in [-0.2, 0) is 16.2 Å². The van der Waals surface area contributed by atoms with Gasteiger partial charge < -0.3 is 13.3 Å². The smallest absolute Gasteiger partial charge is 0.243 e. The van der Waals surface area contributed by atoms with E-state index in [1.807, 2.05) is 42.5 Å². The number of furan rings is 3. The molecule has 0 bridgehead atoms. The molecule has 0 spiro atoms. The highest BCUT2D eigenvalue weighted by Crippen LogP contribution is 2.50. The maximum Gasteiger partial charge on any atom is 0.243 e. The molecular weight excluding hydrogens is 1670 g/mol. The fourth-order valence-corrected chi connectivity index (χ4v) is 24.0. The second-order valence-corrected chi connectivity index (χ2v) is 42.4. The van der Waals surface area contributed by atoms with Crippen molar-refractivity contribution in [1.29, 1.82) is 0 Å². The molecule has 4 heteroatoms. The zero-order chi connectivity index (χ0) is 94.0. The summed E-state index contributed by atoms with van der Waals surface area (Å²) in [4.78, 5) is 0. The number of rotatable bonds is 7. The first kappa shape index (κ1) is 84.2. The number of para-hydroxylation sites is 3. The van der Waals surface area contributed by atoms with Crippen LogP contribution in [-0.4, -0.2) is 6.71 Å². The van der Waals surface area contributed by atoms with Crippen LogP contribution in [0.2, 0.25) is 0 Å². The summed E-state index contributed by atoms with van der Waals surface area (Å²) < 4.78 is 18.6. The molecule has 3 nitrogen and oxygen atoms in total. The lowest BCUT2D eigenvalue weighted by Crippen LogP contribution is -2.56. The number of fused-ring (bicyclic) bond motifs is 3. The largest absolute Gasteiger partial charge is 0.456 e. The molecule has 138 heavy (non-hydrogen) atoms. The molecular formula is C134H105BO3. The average Bonchev–Trinajstić information content (AvgIpc) is 0.806. The van der Waals surface area contributed by atoms with Crippen LogP contribution >= 0.6 is 0 Å². The Labute approximate surface area is 804 Å². The zero-order valence-electron chi connectivity index (χ0n) is 80.9. The van der Waals surface area contributed by atoms with Gasteiger partial charge in [-0.15, -0.1) is 0 Å². The van der Waals surface area contributed by atoms with Gasteiger partial charge in [-0.3, -0.25) is 0 Å². The van der Waals surface area contributed by atoms with Crippen molar-refractivity contribution in [3.8, 4) is 45.1 Å². The van der Waals surface area contributed by atoms with Gasteiger partial charge in [0, 0.05) is 32.8 Å². The fourth-order valence-electron chi connectivity index (χ4n) is 24.0. The molecule has 0 radical (unpaired) electrons. The Hall–Kier alpha value is -15.6. The minimum atomic E-state index is 0.0901. The van der Waals surface area contributed by atoms with Gasteiger partial charge in [-0.25, -0.2) is 0 Å². The molecule has 0 saturated carbocycles. The molecule has 0 unspecified atom stereocenters. The highest BCUT2D eigenvalue weighted by molar-refractivity contribution is 6.98. The first-order valence-electron chi connectivity index (χ1n) is 48.9. The van der Waals surface area contributed by atoms with E-state index >= 15 is 0 Å². The Morgan fingerprint density at radius 3 is 0.783 bits per heavy atom. The van der Waals surface area contributed by atoms with Crippen LogP contribution in [0.3, 0.4) is 0 Å². The Balaban J connectivity index is 0.000000103. The summed E-state index contributed by atoms with van der Waals surface area (Å²) >= 11 is 0. The second kappa shape index (κ2) is 31.5. The average molecular weight is 1770 g/mol. The summed E-state index contributed by atoms with van der Waals surface area (Å²) in [6.07, 6.45) is 0. The molecule has 0 saturated heterocycles. The predicted octanol–water partition coefficient (Wildman–Crippen LogP) is 36.4. The first-order valence-corrected chi connectivity index (χ1v) is 48.9. The van der Waals surface area contributed by atoms with Crippen molar-refractivity contribution >= 4 is 218 Å². The Kier molecular flexibility index (Phi) is 19.2. The third-order valence-corrected chi connectivity index (χ3v) is 30.4. The van der Waals surface area contributed by atoms with Crippen LogP contribution in [0.4, 0.5) is 0 Å². The zero-order valence-corrected chi connectivity index (χ0v) is 80.9. The van der Waals surface area contributed by atoms with Crippen LogP contribution in [0.15, 0.2) is 377 Å². The molecule has 0 fully saturated rings. The summed E-state index contributed by atoms with van der Waals surface area (Å²) in [5, 5.41) is 43.0. The van der Waals surface area contributed by atoms with Crippen LogP contribution in [0.1, 0.15) is 112 Å². The Bertz CT molecular complexity index is 9550. The van der Waals surface area contributed by atoms with Gasteiger partial charge in [0.25, 0.3) is 0 Å². The van der Waals surface area contributed by atoms with Gasteiger partial charge in [-0.1, -0.05) is 421 Å². The van der Waals surface area contributed by atoms with Crippen molar-refractivity contribution < 1.29 is 13.3 Å². The fraction of sp³-hybridized carbons (Fsp3) is 0.134. The molecule has 25 aromatic carbocycles. The molecule has 0 aliphatic heterocycles. The van der Waals surface area contributed by atoms with Crippen LogP contribution in [0.25, 0.3) is 240 Å². The van der Waals surface area contributed by atoms with E-state index in [0.717, 1.165) is 66.9 Å². The molecule has 0 aliphatic carbocycles. The van der Waals surface area contributed by atoms with Gasteiger partial charge in [0.2, 0.25) is 6.71 Å². The third kappa shape index (κ3) is 13.7. The molecule has 0 amide bonds.